The Labute approximate surface area is 158 Å². The molecule has 4 rings (SSSR count). The number of hydrogen-bond donors (Lipinski definition) is 2. The third-order valence-electron chi connectivity index (χ3n) is 5.81. The molecular weight excluding hydrogens is 373 g/mol. The van der Waals surface area contributed by atoms with Crippen molar-refractivity contribution in [3.8, 4) is 5.75 Å². The number of nitrogens with zero attached hydrogens (tertiary/aromatic N) is 2. The van der Waals surface area contributed by atoms with Crippen molar-refractivity contribution in [2.24, 2.45) is 11.8 Å². The molecule has 3 fully saturated rings. The Bertz CT molecular complexity index is 833. The van der Waals surface area contributed by atoms with Gasteiger partial charge >= 0.3 is 10.2 Å². The van der Waals surface area contributed by atoms with Gasteiger partial charge in [0.25, 0.3) is 5.91 Å². The van der Waals surface area contributed by atoms with Gasteiger partial charge in [0.2, 0.25) is 0 Å². The van der Waals surface area contributed by atoms with E-state index in [1.165, 1.54) is 31.4 Å². The van der Waals surface area contributed by atoms with Crippen LogP contribution in [0.1, 0.15) is 31.2 Å². The molecule has 1 amide bonds. The van der Waals surface area contributed by atoms with E-state index < -0.39 is 39.9 Å². The molecule has 2 saturated heterocycles. The molecule has 0 aromatic heterocycles. The molecule has 0 radical (unpaired) electrons. The Morgan fingerprint density at radius 2 is 2.00 bits per heavy atom. The van der Waals surface area contributed by atoms with Crippen molar-refractivity contribution in [3.63, 3.8) is 0 Å². The first kappa shape index (κ1) is 18.5. The van der Waals surface area contributed by atoms with Crippen molar-refractivity contribution < 1.29 is 22.7 Å². The van der Waals surface area contributed by atoms with E-state index in [0.717, 1.165) is 32.0 Å². The number of aromatic hydroxyl groups is 1. The van der Waals surface area contributed by atoms with Gasteiger partial charge in [0, 0.05) is 13.1 Å². The average Bonchev–Trinajstić information content (AvgIpc) is 3.06. The zero-order valence-corrected chi connectivity index (χ0v) is 15.8. The predicted octanol–water partition coefficient (Wildman–Crippen LogP) is 1.38. The summed E-state index contributed by atoms with van der Waals surface area (Å²) in [5.41, 5.74) is 0.162. The third kappa shape index (κ3) is 3.75. The van der Waals surface area contributed by atoms with Crippen LogP contribution in [0.4, 0.5) is 10.1 Å². The van der Waals surface area contributed by atoms with Gasteiger partial charge in [-0.1, -0.05) is 6.42 Å². The highest BCUT2D eigenvalue weighted by Crippen LogP contribution is 2.36. The summed E-state index contributed by atoms with van der Waals surface area (Å²) in [5, 5.41) is 10.2. The number of carbonyl (C=O) groups is 1. The van der Waals surface area contributed by atoms with Crippen LogP contribution in [0.3, 0.4) is 0 Å². The molecule has 1 aliphatic carbocycles. The third-order valence-corrected chi connectivity index (χ3v) is 7.19. The largest absolute Gasteiger partial charge is 0.506 e. The number of likely N-dealkylation sites (tertiary alicyclic amines) is 1. The summed E-state index contributed by atoms with van der Waals surface area (Å²) in [6, 6.07) is 2.67. The van der Waals surface area contributed by atoms with E-state index in [0.29, 0.717) is 22.2 Å². The lowest BCUT2D eigenvalue weighted by Crippen LogP contribution is -2.31. The second kappa shape index (κ2) is 6.94. The van der Waals surface area contributed by atoms with Gasteiger partial charge in [0.1, 0.15) is 18.0 Å². The van der Waals surface area contributed by atoms with Gasteiger partial charge in [-0.3, -0.25) is 4.79 Å². The lowest BCUT2D eigenvalue weighted by atomic mass is 9.85. The predicted molar refractivity (Wildman–Crippen MR) is 98.1 cm³/mol. The van der Waals surface area contributed by atoms with Gasteiger partial charge in [0.05, 0.1) is 0 Å². The van der Waals surface area contributed by atoms with Crippen LogP contribution in [-0.2, 0) is 21.4 Å². The molecule has 0 bridgehead atoms. The van der Waals surface area contributed by atoms with Gasteiger partial charge in [-0.25, -0.2) is 13.4 Å². The highest BCUT2D eigenvalue weighted by Gasteiger charge is 2.37. The van der Waals surface area contributed by atoms with Crippen molar-refractivity contribution in [2.45, 2.75) is 32.1 Å². The fourth-order valence-corrected chi connectivity index (χ4v) is 5.44. The quantitative estimate of drug-likeness (QED) is 0.783. The van der Waals surface area contributed by atoms with Crippen molar-refractivity contribution in [1.29, 1.82) is 0 Å². The van der Waals surface area contributed by atoms with Crippen LogP contribution >= 0.6 is 0 Å². The molecule has 1 aromatic carbocycles. The monoisotopic (exact) mass is 397 g/mol. The van der Waals surface area contributed by atoms with Crippen LogP contribution < -0.4 is 9.03 Å². The minimum Gasteiger partial charge on any atom is -0.506 e. The normalized spacial score (nSPS) is 25.6. The summed E-state index contributed by atoms with van der Waals surface area (Å²) in [6.45, 7) is 2.63. The molecule has 27 heavy (non-hydrogen) atoms. The fourth-order valence-electron chi connectivity index (χ4n) is 4.27. The maximum atomic E-state index is 14.6. The van der Waals surface area contributed by atoms with Crippen molar-refractivity contribution >= 4 is 21.8 Å². The topological polar surface area (TPSA) is 90.0 Å². The fraction of sp³-hybridized carbons (Fsp3) is 0.611. The van der Waals surface area contributed by atoms with Crippen LogP contribution in [0.5, 0.6) is 5.75 Å². The molecule has 2 N–H and O–H groups in total. The second-order valence-corrected chi connectivity index (χ2v) is 9.49. The van der Waals surface area contributed by atoms with Gasteiger partial charge in [-0.05, 0) is 61.8 Å². The number of hydrogen-bond acceptors (Lipinski definition) is 5. The zero-order valence-electron chi connectivity index (χ0n) is 15.0. The number of nitrogens with one attached hydrogen (secondary N) is 1. The van der Waals surface area contributed by atoms with Crippen molar-refractivity contribution in [2.75, 3.05) is 30.5 Å². The van der Waals surface area contributed by atoms with Gasteiger partial charge < -0.3 is 10.0 Å². The van der Waals surface area contributed by atoms with E-state index in [1.54, 1.807) is 4.72 Å². The Morgan fingerprint density at radius 1 is 1.22 bits per heavy atom. The van der Waals surface area contributed by atoms with E-state index >= 15 is 0 Å². The number of rotatable bonds is 5. The lowest BCUT2D eigenvalue weighted by Gasteiger charge is -2.30. The minimum absolute atomic E-state index is 0.397. The lowest BCUT2D eigenvalue weighted by molar-refractivity contribution is -0.117. The number of phenols is 1. The average molecular weight is 397 g/mol. The first-order chi connectivity index (χ1) is 12.8. The standard InChI is InChI=1S/C18H24FN3O4S/c19-15-7-14(6-13-4-5-21(10-13)9-12-2-1-3-12)8-16(23)18(15)22-11-17(24)20-27(22,25)26/h7-8,12-13,23H,1-6,9-11H2,(H,20,24). The first-order valence-corrected chi connectivity index (χ1v) is 10.8. The van der Waals surface area contributed by atoms with E-state index in [-0.39, 0.29) is 0 Å². The maximum absolute atomic E-state index is 14.6. The molecule has 3 aliphatic rings. The maximum Gasteiger partial charge on any atom is 0.326 e. The molecule has 1 atom stereocenters. The number of halogens is 1. The molecule has 148 valence electrons. The van der Waals surface area contributed by atoms with Gasteiger partial charge in [-0.15, -0.1) is 0 Å². The SMILES string of the molecule is O=C1CN(c2c(O)cc(CC3CCN(CC4CCC4)C3)cc2F)S(=O)(=O)N1. The van der Waals surface area contributed by atoms with E-state index in [2.05, 4.69) is 4.90 Å². The Balaban J connectivity index is 1.45. The number of carbonyl (C=O) groups excluding carboxylic acids is 1. The van der Waals surface area contributed by atoms with E-state index in [1.807, 2.05) is 0 Å². The molecule has 9 heteroatoms. The minimum atomic E-state index is -4.16. The summed E-state index contributed by atoms with van der Waals surface area (Å²) < 4.78 is 40.7. The Kier molecular flexibility index (Phi) is 4.75. The summed E-state index contributed by atoms with van der Waals surface area (Å²) in [4.78, 5) is 13.8. The molecule has 1 unspecified atom stereocenters. The molecule has 1 saturated carbocycles. The van der Waals surface area contributed by atoms with Crippen LogP contribution in [-0.4, -0.2) is 50.5 Å². The highest BCUT2D eigenvalue weighted by atomic mass is 32.2. The molecule has 2 aliphatic heterocycles. The zero-order chi connectivity index (χ0) is 19.2. The molecule has 2 heterocycles. The number of phenolic OH excluding ortho intramolecular Hbond substituents is 1. The number of anilines is 1. The Morgan fingerprint density at radius 3 is 2.59 bits per heavy atom. The molecule has 7 nitrogen and oxygen atoms in total. The Hall–Kier alpha value is -1.87. The molecular formula is C18H24FN3O4S. The second-order valence-electron chi connectivity index (χ2n) is 7.90. The summed E-state index contributed by atoms with van der Waals surface area (Å²) >= 11 is 0. The smallest absolute Gasteiger partial charge is 0.326 e. The van der Waals surface area contributed by atoms with Crippen LogP contribution in [0.25, 0.3) is 0 Å². The number of benzene rings is 1. The van der Waals surface area contributed by atoms with E-state index in [9.17, 15) is 22.7 Å². The van der Waals surface area contributed by atoms with Gasteiger partial charge in [0.15, 0.2) is 5.82 Å². The van der Waals surface area contributed by atoms with E-state index in [4.69, 9.17) is 0 Å². The highest BCUT2D eigenvalue weighted by molar-refractivity contribution is 7.92. The number of amides is 1. The summed E-state index contributed by atoms with van der Waals surface area (Å²) in [7, 11) is -4.16. The summed E-state index contributed by atoms with van der Waals surface area (Å²) in [6.07, 6.45) is 5.64. The van der Waals surface area contributed by atoms with Crippen molar-refractivity contribution in [1.82, 2.24) is 9.62 Å². The van der Waals surface area contributed by atoms with Crippen LogP contribution in [0.15, 0.2) is 12.1 Å². The van der Waals surface area contributed by atoms with Crippen molar-refractivity contribution in [3.05, 3.63) is 23.5 Å². The van der Waals surface area contributed by atoms with Gasteiger partial charge in [-0.2, -0.15) is 8.42 Å². The first-order valence-electron chi connectivity index (χ1n) is 9.39. The van der Waals surface area contributed by atoms with Crippen LogP contribution in [0.2, 0.25) is 0 Å². The molecule has 1 aromatic rings. The summed E-state index contributed by atoms with van der Waals surface area (Å²) in [5.74, 6) is -0.837. The molecule has 0 spiro atoms. The van der Waals surface area contributed by atoms with Crippen LogP contribution in [0, 0.1) is 17.7 Å².